The summed E-state index contributed by atoms with van der Waals surface area (Å²) >= 11 is 1.29. The van der Waals surface area contributed by atoms with Crippen LogP contribution < -0.4 is 4.72 Å². The molecule has 9 heteroatoms. The molecule has 7 nitrogen and oxygen atoms in total. The number of rotatable bonds is 7. The number of aryl methyl sites for hydroxylation is 2. The third-order valence-corrected chi connectivity index (χ3v) is 5.47. The zero-order chi connectivity index (χ0) is 14.6. The summed E-state index contributed by atoms with van der Waals surface area (Å²) in [4.78, 5) is 5.53. The number of aliphatic hydroxyl groups is 1. The van der Waals surface area contributed by atoms with Crippen molar-refractivity contribution in [3.63, 3.8) is 0 Å². The zero-order valence-corrected chi connectivity index (χ0v) is 12.6. The number of nitrogens with zero attached hydrogens (tertiary/aromatic N) is 2. The maximum Gasteiger partial charge on any atom is 0.241 e. The van der Waals surface area contributed by atoms with E-state index in [1.165, 1.54) is 23.7 Å². The molecule has 0 radical (unpaired) electrons. The van der Waals surface area contributed by atoms with Gasteiger partial charge in [0.15, 0.2) is 0 Å². The second-order valence-electron chi connectivity index (χ2n) is 4.22. The maximum absolute atomic E-state index is 12.1. The van der Waals surface area contributed by atoms with Crippen molar-refractivity contribution in [1.29, 1.82) is 0 Å². The molecule has 0 bridgehead atoms. The Kier molecular flexibility index (Phi) is 4.86. The average Bonchev–Trinajstić information content (AvgIpc) is 3.04. The Morgan fingerprint density at radius 1 is 1.50 bits per heavy atom. The maximum atomic E-state index is 12.1. The first-order chi connectivity index (χ1) is 9.53. The highest BCUT2D eigenvalue weighted by Crippen LogP contribution is 2.25. The van der Waals surface area contributed by atoms with E-state index >= 15 is 0 Å². The SMILES string of the molecule is Cc1sc(CO)cc1S(=O)(=O)NCCCc1ncn[nH]1. The van der Waals surface area contributed by atoms with E-state index in [0.29, 0.717) is 29.1 Å². The Labute approximate surface area is 121 Å². The molecule has 0 aliphatic heterocycles. The van der Waals surface area contributed by atoms with Gasteiger partial charge >= 0.3 is 0 Å². The van der Waals surface area contributed by atoms with Crippen LogP contribution in [0.3, 0.4) is 0 Å². The second kappa shape index (κ2) is 6.44. The van der Waals surface area contributed by atoms with Crippen molar-refractivity contribution >= 4 is 21.4 Å². The Morgan fingerprint density at radius 2 is 2.30 bits per heavy atom. The molecule has 0 saturated heterocycles. The Hall–Kier alpha value is -1.29. The fourth-order valence-electron chi connectivity index (χ4n) is 1.76. The normalized spacial score (nSPS) is 11.9. The van der Waals surface area contributed by atoms with Crippen molar-refractivity contribution in [2.45, 2.75) is 31.3 Å². The summed E-state index contributed by atoms with van der Waals surface area (Å²) in [6.07, 6.45) is 2.68. The first kappa shape index (κ1) is 15.1. The van der Waals surface area contributed by atoms with Crippen molar-refractivity contribution in [3.8, 4) is 0 Å². The molecule has 2 aromatic heterocycles. The van der Waals surface area contributed by atoms with Crippen molar-refractivity contribution < 1.29 is 13.5 Å². The van der Waals surface area contributed by atoms with Crippen molar-refractivity contribution in [2.24, 2.45) is 0 Å². The fourth-order valence-corrected chi connectivity index (χ4v) is 4.33. The molecule has 0 amide bonds. The van der Waals surface area contributed by atoms with Crippen LogP contribution in [0, 0.1) is 6.92 Å². The molecule has 0 aliphatic rings. The van der Waals surface area contributed by atoms with Gasteiger partial charge in [-0.05, 0) is 19.4 Å². The van der Waals surface area contributed by atoms with Crippen LogP contribution in [0.2, 0.25) is 0 Å². The van der Waals surface area contributed by atoms with Crippen molar-refractivity contribution in [1.82, 2.24) is 19.9 Å². The van der Waals surface area contributed by atoms with Gasteiger partial charge in [-0.15, -0.1) is 11.3 Å². The van der Waals surface area contributed by atoms with Gasteiger partial charge in [-0.25, -0.2) is 18.1 Å². The third kappa shape index (κ3) is 3.63. The molecule has 2 rings (SSSR count). The summed E-state index contributed by atoms with van der Waals surface area (Å²) in [5.41, 5.74) is 0. The van der Waals surface area contributed by atoms with E-state index in [1.54, 1.807) is 6.92 Å². The van der Waals surface area contributed by atoms with Crippen LogP contribution >= 0.6 is 11.3 Å². The summed E-state index contributed by atoms with van der Waals surface area (Å²) in [5, 5.41) is 15.5. The van der Waals surface area contributed by atoms with E-state index in [9.17, 15) is 8.42 Å². The van der Waals surface area contributed by atoms with Crippen LogP contribution in [0.15, 0.2) is 17.3 Å². The molecular weight excluding hydrogens is 300 g/mol. The molecule has 0 spiro atoms. The molecule has 2 aromatic rings. The summed E-state index contributed by atoms with van der Waals surface area (Å²) < 4.78 is 26.8. The van der Waals surface area contributed by atoms with Crippen molar-refractivity contribution in [3.05, 3.63) is 28.0 Å². The van der Waals surface area contributed by atoms with E-state index in [0.717, 1.165) is 5.82 Å². The first-order valence-electron chi connectivity index (χ1n) is 6.07. The molecule has 0 atom stereocenters. The zero-order valence-electron chi connectivity index (χ0n) is 11.0. The lowest BCUT2D eigenvalue weighted by Gasteiger charge is -2.05. The van der Waals surface area contributed by atoms with Crippen molar-refractivity contribution in [2.75, 3.05) is 6.54 Å². The lowest BCUT2D eigenvalue weighted by molar-refractivity contribution is 0.285. The molecule has 0 saturated carbocycles. The van der Waals surface area contributed by atoms with E-state index in [-0.39, 0.29) is 11.5 Å². The van der Waals surface area contributed by atoms with E-state index in [4.69, 9.17) is 5.11 Å². The lowest BCUT2D eigenvalue weighted by atomic mass is 10.3. The minimum Gasteiger partial charge on any atom is -0.391 e. The van der Waals surface area contributed by atoms with E-state index in [2.05, 4.69) is 19.9 Å². The number of hydrogen-bond donors (Lipinski definition) is 3. The molecule has 0 unspecified atom stereocenters. The largest absolute Gasteiger partial charge is 0.391 e. The third-order valence-electron chi connectivity index (χ3n) is 2.72. The number of hydrogen-bond acceptors (Lipinski definition) is 6. The Morgan fingerprint density at radius 3 is 2.90 bits per heavy atom. The van der Waals surface area contributed by atoms with Crippen LogP contribution in [0.1, 0.15) is 22.0 Å². The van der Waals surface area contributed by atoms with Crippen LogP contribution in [0.5, 0.6) is 0 Å². The van der Waals surface area contributed by atoms with Crippen LogP contribution in [0.4, 0.5) is 0 Å². The molecule has 0 aromatic carbocycles. The number of sulfonamides is 1. The fraction of sp³-hybridized carbons (Fsp3) is 0.455. The molecule has 3 N–H and O–H groups in total. The molecular formula is C11H16N4O3S2. The number of thiophene rings is 1. The van der Waals surface area contributed by atoms with E-state index in [1.807, 2.05) is 0 Å². The monoisotopic (exact) mass is 316 g/mol. The summed E-state index contributed by atoms with van der Waals surface area (Å²) in [7, 11) is -3.52. The van der Waals surface area contributed by atoms with Gasteiger partial charge in [0.1, 0.15) is 12.2 Å². The van der Waals surface area contributed by atoms with Gasteiger partial charge < -0.3 is 5.11 Å². The molecule has 20 heavy (non-hydrogen) atoms. The minimum absolute atomic E-state index is 0.146. The highest BCUT2D eigenvalue weighted by molar-refractivity contribution is 7.89. The molecule has 0 fully saturated rings. The Bertz CT molecular complexity index is 649. The highest BCUT2D eigenvalue weighted by atomic mass is 32.2. The van der Waals surface area contributed by atoms with Gasteiger partial charge in [0.25, 0.3) is 0 Å². The Balaban J connectivity index is 1.91. The van der Waals surface area contributed by atoms with Crippen LogP contribution in [-0.2, 0) is 23.1 Å². The second-order valence-corrected chi connectivity index (χ2v) is 7.30. The number of aliphatic hydroxyl groups excluding tert-OH is 1. The van der Waals surface area contributed by atoms with Gasteiger partial charge in [-0.2, -0.15) is 5.10 Å². The quantitative estimate of drug-likeness (QED) is 0.648. The minimum atomic E-state index is -3.52. The smallest absolute Gasteiger partial charge is 0.241 e. The van der Waals surface area contributed by atoms with Gasteiger partial charge in [-0.3, -0.25) is 5.10 Å². The number of aromatic amines is 1. The lowest BCUT2D eigenvalue weighted by Crippen LogP contribution is -2.25. The summed E-state index contributed by atoms with van der Waals surface area (Å²) in [6.45, 7) is 1.91. The molecule has 0 aliphatic carbocycles. The van der Waals surface area contributed by atoms with E-state index < -0.39 is 10.0 Å². The number of H-pyrrole nitrogens is 1. The summed E-state index contributed by atoms with van der Waals surface area (Å²) in [6, 6.07) is 1.51. The van der Waals surface area contributed by atoms with Crippen LogP contribution in [0.25, 0.3) is 0 Å². The topological polar surface area (TPSA) is 108 Å². The van der Waals surface area contributed by atoms with Gasteiger partial charge in [0, 0.05) is 22.7 Å². The number of aromatic nitrogens is 3. The average molecular weight is 316 g/mol. The van der Waals surface area contributed by atoms with Crippen LogP contribution in [-0.4, -0.2) is 35.3 Å². The predicted molar refractivity (Wildman–Crippen MR) is 74.9 cm³/mol. The molecule has 110 valence electrons. The van der Waals surface area contributed by atoms with Gasteiger partial charge in [0.2, 0.25) is 10.0 Å². The van der Waals surface area contributed by atoms with Gasteiger partial charge in [-0.1, -0.05) is 0 Å². The first-order valence-corrected chi connectivity index (χ1v) is 8.37. The predicted octanol–water partition coefficient (Wildman–Crippen LogP) is 0.578. The number of nitrogens with one attached hydrogen (secondary N) is 2. The van der Waals surface area contributed by atoms with Gasteiger partial charge in [0.05, 0.1) is 11.5 Å². The highest BCUT2D eigenvalue weighted by Gasteiger charge is 2.19. The standard InChI is InChI=1S/C11H16N4O3S2/c1-8-10(5-9(6-16)19-8)20(17,18)14-4-2-3-11-12-7-13-15-11/h5,7,14,16H,2-4,6H2,1H3,(H,12,13,15). The summed E-state index contributed by atoms with van der Waals surface area (Å²) in [5.74, 6) is 0.735. The molecule has 2 heterocycles.